The summed E-state index contributed by atoms with van der Waals surface area (Å²) in [5.74, 6) is -3.29. The number of alkyl halides is 5. The number of fused-ring (bicyclic) bond motifs is 1. The van der Waals surface area contributed by atoms with E-state index in [1.54, 1.807) is 48.1 Å². The van der Waals surface area contributed by atoms with Gasteiger partial charge in [0.1, 0.15) is 25.3 Å². The summed E-state index contributed by atoms with van der Waals surface area (Å²) >= 11 is 0. The minimum absolute atomic E-state index is 0.0931. The Morgan fingerprint density at radius 1 is 0.953 bits per heavy atom. The maximum atomic E-state index is 15.1. The normalized spacial score (nSPS) is 14.4. The van der Waals surface area contributed by atoms with Crippen LogP contribution < -0.4 is 10.0 Å². The van der Waals surface area contributed by atoms with Crippen molar-refractivity contribution in [3.8, 4) is 28.4 Å². The first-order valence-corrected chi connectivity index (χ1v) is 16.2. The van der Waals surface area contributed by atoms with E-state index in [4.69, 9.17) is 4.98 Å². The SMILES string of the molecule is Cn1c(-c2ccc(P(C)(C)=O)cc2OC(F)(F)F)nc(-c2cccc3nn(CC(F)(F)c4ccccc4)cc23)c1C1CC1. The predicted molar refractivity (Wildman–Crippen MR) is 155 cm³/mol. The van der Waals surface area contributed by atoms with E-state index in [-0.39, 0.29) is 28.2 Å². The Labute approximate surface area is 244 Å². The van der Waals surface area contributed by atoms with Gasteiger partial charge < -0.3 is 13.9 Å². The summed E-state index contributed by atoms with van der Waals surface area (Å²) < 4.78 is 90.6. The Bertz CT molecular complexity index is 1870. The topological polar surface area (TPSA) is 61.9 Å². The third-order valence-corrected chi connectivity index (χ3v) is 9.09. The summed E-state index contributed by atoms with van der Waals surface area (Å²) in [4.78, 5) is 4.84. The first-order chi connectivity index (χ1) is 20.2. The van der Waals surface area contributed by atoms with Gasteiger partial charge in [-0.3, -0.25) is 4.68 Å². The van der Waals surface area contributed by atoms with Crippen molar-refractivity contribution in [3.63, 3.8) is 0 Å². The van der Waals surface area contributed by atoms with Crippen LogP contribution in [0.15, 0.2) is 72.9 Å². The Morgan fingerprint density at radius 3 is 2.33 bits per heavy atom. The zero-order chi connectivity index (χ0) is 30.7. The molecule has 0 saturated heterocycles. The van der Waals surface area contributed by atoms with E-state index in [9.17, 15) is 17.7 Å². The van der Waals surface area contributed by atoms with Crippen molar-refractivity contribution in [1.82, 2.24) is 19.3 Å². The Balaban J connectivity index is 1.47. The molecule has 2 aromatic heterocycles. The summed E-state index contributed by atoms with van der Waals surface area (Å²) in [6, 6.07) is 16.9. The van der Waals surface area contributed by atoms with Gasteiger partial charge in [0.2, 0.25) is 0 Å². The minimum atomic E-state index is -4.98. The van der Waals surface area contributed by atoms with Gasteiger partial charge in [-0.1, -0.05) is 48.5 Å². The van der Waals surface area contributed by atoms with Crippen molar-refractivity contribution in [2.75, 3.05) is 13.3 Å². The predicted octanol–water partition coefficient (Wildman–Crippen LogP) is 7.92. The highest BCUT2D eigenvalue weighted by Crippen LogP contribution is 2.48. The summed E-state index contributed by atoms with van der Waals surface area (Å²) in [7, 11) is -1.15. The van der Waals surface area contributed by atoms with Crippen LogP contribution in [0, 0.1) is 0 Å². The number of aromatic nitrogens is 4. The fraction of sp³-hybridized carbons (Fsp3) is 0.290. The molecule has 1 aliphatic rings. The number of nitrogens with zero attached hydrogens (tertiary/aromatic N) is 4. The molecule has 224 valence electrons. The second-order valence-corrected chi connectivity index (χ2v) is 14.4. The number of ether oxygens (including phenoxy) is 1. The van der Waals surface area contributed by atoms with Crippen LogP contribution >= 0.6 is 7.14 Å². The zero-order valence-electron chi connectivity index (χ0n) is 23.6. The average molecular weight is 615 g/mol. The Hall–Kier alpha value is -3.98. The molecule has 6 nitrogen and oxygen atoms in total. The molecule has 2 heterocycles. The fourth-order valence-electron chi connectivity index (χ4n) is 5.37. The van der Waals surface area contributed by atoms with Crippen molar-refractivity contribution >= 4 is 23.3 Å². The van der Waals surface area contributed by atoms with Gasteiger partial charge in [-0.25, -0.2) is 4.98 Å². The number of imidazole rings is 1. The number of halogens is 5. The summed E-state index contributed by atoms with van der Waals surface area (Å²) in [5, 5.41) is 5.25. The van der Waals surface area contributed by atoms with Crippen LogP contribution in [0.1, 0.15) is 30.0 Å². The van der Waals surface area contributed by atoms with E-state index in [1.807, 2.05) is 6.07 Å². The van der Waals surface area contributed by atoms with Gasteiger partial charge in [0.05, 0.1) is 16.8 Å². The number of hydrogen-bond acceptors (Lipinski definition) is 4. The molecule has 0 N–H and O–H groups in total. The smallest absolute Gasteiger partial charge is 0.405 e. The molecule has 0 radical (unpaired) electrons. The molecule has 12 heteroatoms. The van der Waals surface area contributed by atoms with Crippen LogP contribution in [0.3, 0.4) is 0 Å². The molecule has 3 aromatic carbocycles. The van der Waals surface area contributed by atoms with Gasteiger partial charge in [0.15, 0.2) is 0 Å². The quantitative estimate of drug-likeness (QED) is 0.132. The van der Waals surface area contributed by atoms with Crippen LogP contribution in [0.5, 0.6) is 5.75 Å². The maximum absolute atomic E-state index is 15.1. The van der Waals surface area contributed by atoms with Crippen molar-refractivity contribution in [3.05, 3.63) is 84.2 Å². The van der Waals surface area contributed by atoms with Gasteiger partial charge in [-0.05, 0) is 44.4 Å². The van der Waals surface area contributed by atoms with Gasteiger partial charge in [-0.2, -0.15) is 13.9 Å². The fourth-order valence-corrected chi connectivity index (χ4v) is 6.23. The van der Waals surface area contributed by atoms with Crippen molar-refractivity contribution in [2.45, 2.75) is 37.6 Å². The third-order valence-electron chi connectivity index (χ3n) is 7.57. The van der Waals surface area contributed by atoms with Crippen molar-refractivity contribution in [1.29, 1.82) is 0 Å². The summed E-state index contributed by atoms with van der Waals surface area (Å²) in [5.41, 5.74) is 2.46. The standard InChI is InChI=1S/C31H28F5N4O2P/c1-39-28(19-12-13-19)27(37-29(39)23-15-14-21(43(2,3)41)16-26(23)42-31(34,35)36)22-10-7-11-25-24(22)17-40(38-25)18-30(32,33)20-8-5-4-6-9-20/h4-11,14-17,19H,12-13,18H2,1-3H3. The van der Waals surface area contributed by atoms with E-state index in [0.29, 0.717) is 22.2 Å². The van der Waals surface area contributed by atoms with E-state index >= 15 is 8.78 Å². The van der Waals surface area contributed by atoms with E-state index < -0.39 is 31.7 Å². The maximum Gasteiger partial charge on any atom is 0.573 e. The van der Waals surface area contributed by atoms with Crippen molar-refractivity contribution in [2.24, 2.45) is 7.05 Å². The third kappa shape index (κ3) is 5.83. The Kier molecular flexibility index (Phi) is 6.99. The van der Waals surface area contributed by atoms with Gasteiger partial charge in [0, 0.05) is 46.7 Å². The molecular weight excluding hydrogens is 586 g/mol. The molecule has 6 rings (SSSR count). The summed E-state index contributed by atoms with van der Waals surface area (Å²) in [6.07, 6.45) is -1.66. The lowest BCUT2D eigenvalue weighted by atomic mass is 10.0. The number of benzene rings is 3. The van der Waals surface area contributed by atoms with E-state index in [0.717, 1.165) is 24.6 Å². The average Bonchev–Trinajstić information content (AvgIpc) is 3.59. The van der Waals surface area contributed by atoms with Gasteiger partial charge in [0.25, 0.3) is 5.92 Å². The number of rotatable bonds is 8. The van der Waals surface area contributed by atoms with Crippen LogP contribution in [0.2, 0.25) is 0 Å². The highest BCUT2D eigenvalue weighted by molar-refractivity contribution is 7.70. The molecule has 0 unspecified atom stereocenters. The molecule has 0 atom stereocenters. The monoisotopic (exact) mass is 614 g/mol. The van der Waals surface area contributed by atoms with Gasteiger partial charge >= 0.3 is 6.36 Å². The lowest BCUT2D eigenvalue weighted by molar-refractivity contribution is -0.274. The zero-order valence-corrected chi connectivity index (χ0v) is 24.5. The Morgan fingerprint density at radius 2 is 1.67 bits per heavy atom. The molecule has 0 spiro atoms. The van der Waals surface area contributed by atoms with Crippen molar-refractivity contribution < 1.29 is 31.3 Å². The highest BCUT2D eigenvalue weighted by Gasteiger charge is 2.37. The van der Waals surface area contributed by atoms with Crippen LogP contribution in [0.4, 0.5) is 22.0 Å². The first kappa shape index (κ1) is 29.1. The lowest BCUT2D eigenvalue weighted by Gasteiger charge is -2.16. The number of hydrogen-bond donors (Lipinski definition) is 0. The summed E-state index contributed by atoms with van der Waals surface area (Å²) in [6.45, 7) is 2.28. The molecule has 1 saturated carbocycles. The molecule has 0 aliphatic heterocycles. The minimum Gasteiger partial charge on any atom is -0.405 e. The molecular formula is C31H28F5N4O2P. The molecule has 1 fully saturated rings. The largest absolute Gasteiger partial charge is 0.573 e. The van der Waals surface area contributed by atoms with Crippen LogP contribution in [0.25, 0.3) is 33.5 Å². The molecule has 43 heavy (non-hydrogen) atoms. The highest BCUT2D eigenvalue weighted by atomic mass is 31.2. The molecule has 0 amide bonds. The lowest BCUT2D eigenvalue weighted by Crippen LogP contribution is -2.21. The second kappa shape index (κ2) is 10.3. The molecule has 0 bridgehead atoms. The van der Waals surface area contributed by atoms with E-state index in [2.05, 4.69) is 9.84 Å². The van der Waals surface area contributed by atoms with Crippen LogP contribution in [-0.2, 0) is 24.1 Å². The first-order valence-electron chi connectivity index (χ1n) is 13.6. The van der Waals surface area contributed by atoms with Crippen LogP contribution in [-0.4, -0.2) is 39.0 Å². The second-order valence-electron chi connectivity index (χ2n) is 11.2. The molecule has 1 aliphatic carbocycles. The van der Waals surface area contributed by atoms with E-state index in [1.165, 1.54) is 42.3 Å². The van der Waals surface area contributed by atoms with Gasteiger partial charge in [-0.15, -0.1) is 13.2 Å². The molecule has 5 aromatic rings.